The van der Waals surface area contributed by atoms with Crippen LogP contribution in [0.5, 0.6) is 0 Å². The van der Waals surface area contributed by atoms with Crippen LogP contribution in [0.2, 0.25) is 0 Å². The third-order valence-corrected chi connectivity index (χ3v) is 3.35. The second kappa shape index (κ2) is 4.86. The molecule has 2 heterocycles. The molecule has 1 aromatic carbocycles. The van der Waals surface area contributed by atoms with Gasteiger partial charge >= 0.3 is 0 Å². The second-order valence-electron chi connectivity index (χ2n) is 4.78. The summed E-state index contributed by atoms with van der Waals surface area (Å²) < 4.78 is 2.14. The highest BCUT2D eigenvalue weighted by atomic mass is 16.3. The Labute approximate surface area is 112 Å². The van der Waals surface area contributed by atoms with E-state index in [-0.39, 0.29) is 6.61 Å². The van der Waals surface area contributed by atoms with E-state index in [4.69, 9.17) is 0 Å². The van der Waals surface area contributed by atoms with Crippen molar-refractivity contribution in [1.82, 2.24) is 9.55 Å². The lowest BCUT2D eigenvalue weighted by Crippen LogP contribution is -2.00. The van der Waals surface area contributed by atoms with Crippen molar-refractivity contribution in [3.05, 3.63) is 65.6 Å². The van der Waals surface area contributed by atoms with E-state index in [1.807, 2.05) is 43.6 Å². The number of aryl methyl sites for hydroxylation is 1. The van der Waals surface area contributed by atoms with Crippen LogP contribution in [-0.4, -0.2) is 14.7 Å². The maximum Gasteiger partial charge on any atom is 0.0702 e. The van der Waals surface area contributed by atoms with Crippen molar-refractivity contribution in [3.8, 4) is 0 Å². The number of aromatic nitrogens is 2. The van der Waals surface area contributed by atoms with E-state index in [1.54, 1.807) is 0 Å². The van der Waals surface area contributed by atoms with Gasteiger partial charge in [-0.2, -0.15) is 0 Å². The molecule has 0 amide bonds. The first-order valence-electron chi connectivity index (χ1n) is 6.37. The zero-order chi connectivity index (χ0) is 13.2. The number of para-hydroxylation sites is 1. The fraction of sp³-hybridized carbons (Fsp3) is 0.188. The molecule has 0 radical (unpaired) electrons. The van der Waals surface area contributed by atoms with Gasteiger partial charge in [0.1, 0.15) is 0 Å². The lowest BCUT2D eigenvalue weighted by molar-refractivity contribution is 0.283. The summed E-state index contributed by atoms with van der Waals surface area (Å²) in [6, 6.07) is 12.2. The topological polar surface area (TPSA) is 38.0 Å². The van der Waals surface area contributed by atoms with E-state index < -0.39 is 0 Å². The zero-order valence-electron chi connectivity index (χ0n) is 10.9. The molecule has 0 aliphatic carbocycles. The van der Waals surface area contributed by atoms with Crippen LogP contribution in [0.25, 0.3) is 10.9 Å². The SMILES string of the molecule is Cc1ccc(Cn2cc(CO)c3ccccc32)nc1. The van der Waals surface area contributed by atoms with Gasteiger partial charge in [0.15, 0.2) is 0 Å². The minimum absolute atomic E-state index is 0.0643. The Kier molecular flexibility index (Phi) is 3.05. The Morgan fingerprint density at radius 3 is 2.74 bits per heavy atom. The maximum absolute atomic E-state index is 9.42. The summed E-state index contributed by atoms with van der Waals surface area (Å²) in [4.78, 5) is 4.43. The molecule has 0 spiro atoms. The summed E-state index contributed by atoms with van der Waals surface area (Å²) in [7, 11) is 0. The molecule has 0 atom stereocenters. The highest BCUT2D eigenvalue weighted by Crippen LogP contribution is 2.22. The quantitative estimate of drug-likeness (QED) is 0.778. The van der Waals surface area contributed by atoms with Gasteiger partial charge in [-0.1, -0.05) is 24.3 Å². The molecule has 3 aromatic rings. The molecule has 96 valence electrons. The van der Waals surface area contributed by atoms with Crippen molar-refractivity contribution >= 4 is 10.9 Å². The molecule has 1 N–H and O–H groups in total. The molecule has 3 heteroatoms. The normalized spacial score (nSPS) is 11.1. The first-order chi connectivity index (χ1) is 9.28. The number of pyridine rings is 1. The van der Waals surface area contributed by atoms with Crippen molar-refractivity contribution < 1.29 is 5.11 Å². The Bertz CT molecular complexity index is 698. The predicted molar refractivity (Wildman–Crippen MR) is 75.9 cm³/mol. The van der Waals surface area contributed by atoms with Gasteiger partial charge in [-0.15, -0.1) is 0 Å². The monoisotopic (exact) mass is 252 g/mol. The largest absolute Gasteiger partial charge is 0.392 e. The van der Waals surface area contributed by atoms with Gasteiger partial charge in [0.05, 0.1) is 18.8 Å². The van der Waals surface area contributed by atoms with Gasteiger partial charge in [0.25, 0.3) is 0 Å². The van der Waals surface area contributed by atoms with E-state index in [2.05, 4.69) is 21.7 Å². The van der Waals surface area contributed by atoms with E-state index in [9.17, 15) is 5.11 Å². The van der Waals surface area contributed by atoms with Crippen LogP contribution in [0.4, 0.5) is 0 Å². The Balaban J connectivity index is 2.03. The van der Waals surface area contributed by atoms with Gasteiger partial charge in [-0.25, -0.2) is 0 Å². The van der Waals surface area contributed by atoms with Crippen LogP contribution in [-0.2, 0) is 13.2 Å². The molecular formula is C16H16N2O. The number of nitrogens with zero attached hydrogens (tertiary/aromatic N) is 2. The molecule has 3 nitrogen and oxygen atoms in total. The lowest BCUT2D eigenvalue weighted by atomic mass is 10.2. The summed E-state index contributed by atoms with van der Waals surface area (Å²) in [6.45, 7) is 2.82. The van der Waals surface area contributed by atoms with Crippen LogP contribution in [0.1, 0.15) is 16.8 Å². The molecule has 0 saturated carbocycles. The van der Waals surface area contributed by atoms with Crippen molar-refractivity contribution in [2.24, 2.45) is 0 Å². The van der Waals surface area contributed by atoms with Gasteiger partial charge in [0, 0.05) is 28.9 Å². The van der Waals surface area contributed by atoms with Crippen molar-refractivity contribution in [1.29, 1.82) is 0 Å². The number of rotatable bonds is 3. The van der Waals surface area contributed by atoms with Crippen molar-refractivity contribution in [3.63, 3.8) is 0 Å². The predicted octanol–water partition coefficient (Wildman–Crippen LogP) is 2.89. The Morgan fingerprint density at radius 2 is 2.00 bits per heavy atom. The first-order valence-corrected chi connectivity index (χ1v) is 6.37. The number of aliphatic hydroxyl groups excluding tert-OH is 1. The third kappa shape index (κ3) is 2.25. The van der Waals surface area contributed by atoms with Gasteiger partial charge < -0.3 is 9.67 Å². The fourth-order valence-corrected chi connectivity index (χ4v) is 2.35. The number of fused-ring (bicyclic) bond motifs is 1. The van der Waals surface area contributed by atoms with Gasteiger partial charge in [-0.05, 0) is 24.6 Å². The molecule has 0 bridgehead atoms. The Hall–Kier alpha value is -2.13. The van der Waals surface area contributed by atoms with Crippen LogP contribution in [0.15, 0.2) is 48.8 Å². The minimum atomic E-state index is 0.0643. The molecule has 19 heavy (non-hydrogen) atoms. The number of hydrogen-bond acceptors (Lipinski definition) is 2. The fourth-order valence-electron chi connectivity index (χ4n) is 2.35. The highest BCUT2D eigenvalue weighted by Gasteiger charge is 2.07. The van der Waals surface area contributed by atoms with Gasteiger partial charge in [-0.3, -0.25) is 4.98 Å². The number of benzene rings is 1. The zero-order valence-corrected chi connectivity index (χ0v) is 10.9. The van der Waals surface area contributed by atoms with Crippen molar-refractivity contribution in [2.45, 2.75) is 20.1 Å². The maximum atomic E-state index is 9.42. The summed E-state index contributed by atoms with van der Waals surface area (Å²) in [6.07, 6.45) is 3.89. The molecule has 2 aromatic heterocycles. The number of hydrogen-bond donors (Lipinski definition) is 1. The second-order valence-corrected chi connectivity index (χ2v) is 4.78. The van der Waals surface area contributed by atoms with E-state index in [0.29, 0.717) is 0 Å². The lowest BCUT2D eigenvalue weighted by Gasteiger charge is -2.05. The molecule has 0 aliphatic rings. The first kappa shape index (κ1) is 11.9. The average Bonchev–Trinajstić information content (AvgIpc) is 2.80. The van der Waals surface area contributed by atoms with Gasteiger partial charge in [0.2, 0.25) is 0 Å². The minimum Gasteiger partial charge on any atom is -0.392 e. The summed E-state index contributed by atoms with van der Waals surface area (Å²) >= 11 is 0. The molecule has 0 saturated heterocycles. The molecule has 0 aliphatic heterocycles. The standard InChI is InChI=1S/C16H16N2O/c1-12-6-7-14(17-8-12)10-18-9-13(11-19)15-4-2-3-5-16(15)18/h2-9,19H,10-11H2,1H3. The molecular weight excluding hydrogens is 236 g/mol. The van der Waals surface area contributed by atoms with Crippen LogP contribution >= 0.6 is 0 Å². The van der Waals surface area contributed by atoms with E-state index in [0.717, 1.165) is 34.3 Å². The smallest absolute Gasteiger partial charge is 0.0702 e. The Morgan fingerprint density at radius 1 is 1.16 bits per heavy atom. The summed E-state index contributed by atoms with van der Waals surface area (Å²) in [5, 5.41) is 10.5. The van der Waals surface area contributed by atoms with E-state index >= 15 is 0 Å². The van der Waals surface area contributed by atoms with Crippen LogP contribution in [0, 0.1) is 6.92 Å². The molecule has 0 fully saturated rings. The molecule has 3 rings (SSSR count). The average molecular weight is 252 g/mol. The van der Waals surface area contributed by atoms with Crippen molar-refractivity contribution in [2.75, 3.05) is 0 Å². The highest BCUT2D eigenvalue weighted by molar-refractivity contribution is 5.83. The van der Waals surface area contributed by atoms with Crippen LogP contribution in [0.3, 0.4) is 0 Å². The number of aliphatic hydroxyl groups is 1. The summed E-state index contributed by atoms with van der Waals surface area (Å²) in [5.41, 5.74) is 4.28. The molecule has 0 unspecified atom stereocenters. The third-order valence-electron chi connectivity index (χ3n) is 3.35. The summed E-state index contributed by atoms with van der Waals surface area (Å²) in [5.74, 6) is 0. The van der Waals surface area contributed by atoms with E-state index in [1.165, 1.54) is 0 Å². The van der Waals surface area contributed by atoms with Crippen LogP contribution < -0.4 is 0 Å².